The highest BCUT2D eigenvalue weighted by atomic mass is 32.2. The number of hydrogen-bond acceptors (Lipinski definition) is 6. The van der Waals surface area contributed by atoms with Gasteiger partial charge in [-0.3, -0.25) is 0 Å². The molecule has 1 N–H and O–H groups in total. The maximum atomic E-state index is 5.96. The number of hydrogen-bond donors (Lipinski definition) is 1. The van der Waals surface area contributed by atoms with E-state index in [1.807, 2.05) is 17.8 Å². The predicted molar refractivity (Wildman–Crippen MR) is 78.1 cm³/mol. The van der Waals surface area contributed by atoms with Gasteiger partial charge in [-0.15, -0.1) is 0 Å². The summed E-state index contributed by atoms with van der Waals surface area (Å²) in [6.07, 6.45) is 4.02. The van der Waals surface area contributed by atoms with E-state index in [0.29, 0.717) is 6.10 Å². The molecule has 3 rings (SSSR count). The molecule has 2 aliphatic rings. The van der Waals surface area contributed by atoms with Crippen LogP contribution in [0.4, 0.5) is 5.82 Å². The molecule has 3 heterocycles. The second-order valence-electron chi connectivity index (χ2n) is 4.88. The predicted octanol–water partition coefficient (Wildman–Crippen LogP) is 1.16. The van der Waals surface area contributed by atoms with Crippen molar-refractivity contribution in [2.45, 2.75) is 18.9 Å². The van der Waals surface area contributed by atoms with Crippen LogP contribution >= 0.6 is 11.8 Å². The van der Waals surface area contributed by atoms with Crippen LogP contribution in [0.2, 0.25) is 0 Å². The van der Waals surface area contributed by atoms with Crippen molar-refractivity contribution in [2.75, 3.05) is 42.6 Å². The largest absolute Gasteiger partial charge is 0.474 e. The quantitative estimate of drug-likeness (QED) is 0.897. The normalized spacial score (nSPS) is 21.4. The Morgan fingerprint density at radius 2 is 2.00 bits per heavy atom. The molecule has 6 heteroatoms. The monoisotopic (exact) mass is 280 g/mol. The van der Waals surface area contributed by atoms with E-state index in [-0.39, 0.29) is 0 Å². The summed E-state index contributed by atoms with van der Waals surface area (Å²) in [6.45, 7) is 4.20. The van der Waals surface area contributed by atoms with E-state index >= 15 is 0 Å². The van der Waals surface area contributed by atoms with Crippen molar-refractivity contribution in [3.8, 4) is 5.88 Å². The van der Waals surface area contributed by atoms with Crippen LogP contribution in [-0.2, 0) is 0 Å². The third kappa shape index (κ3) is 3.51. The van der Waals surface area contributed by atoms with Crippen molar-refractivity contribution in [1.82, 2.24) is 15.3 Å². The Morgan fingerprint density at radius 3 is 2.79 bits per heavy atom. The van der Waals surface area contributed by atoms with Crippen molar-refractivity contribution in [3.05, 3.63) is 12.4 Å². The standard InChI is InChI=1S/C13H20N4OS/c1-3-14-4-2-11(1)18-13-9-12(15-10-16-13)17-5-7-19-8-6-17/h9-11,14H,1-8H2. The van der Waals surface area contributed by atoms with Crippen LogP contribution in [0.5, 0.6) is 5.88 Å². The molecule has 0 atom stereocenters. The maximum Gasteiger partial charge on any atom is 0.218 e. The van der Waals surface area contributed by atoms with Crippen LogP contribution in [0.1, 0.15) is 12.8 Å². The van der Waals surface area contributed by atoms with Gasteiger partial charge in [0.1, 0.15) is 18.2 Å². The fraction of sp³-hybridized carbons (Fsp3) is 0.692. The lowest BCUT2D eigenvalue weighted by Gasteiger charge is -2.28. The Bertz CT molecular complexity index is 405. The zero-order valence-electron chi connectivity index (χ0n) is 11.0. The van der Waals surface area contributed by atoms with Crippen molar-refractivity contribution < 1.29 is 4.74 Å². The summed E-state index contributed by atoms with van der Waals surface area (Å²) in [6, 6.07) is 1.98. The van der Waals surface area contributed by atoms with E-state index in [1.165, 1.54) is 11.5 Å². The first-order valence-corrected chi connectivity index (χ1v) is 8.09. The molecular formula is C13H20N4OS. The van der Waals surface area contributed by atoms with Crippen LogP contribution < -0.4 is 15.0 Å². The van der Waals surface area contributed by atoms with Crippen LogP contribution in [0, 0.1) is 0 Å². The minimum Gasteiger partial charge on any atom is -0.474 e. The number of aromatic nitrogens is 2. The second-order valence-corrected chi connectivity index (χ2v) is 6.11. The molecule has 0 radical (unpaired) electrons. The van der Waals surface area contributed by atoms with Gasteiger partial charge in [0, 0.05) is 30.7 Å². The molecule has 2 saturated heterocycles. The molecular weight excluding hydrogens is 260 g/mol. The molecule has 0 unspecified atom stereocenters. The Kier molecular flexibility index (Phi) is 4.40. The van der Waals surface area contributed by atoms with E-state index in [2.05, 4.69) is 20.2 Å². The first-order chi connectivity index (χ1) is 9.42. The van der Waals surface area contributed by atoms with E-state index < -0.39 is 0 Å². The molecule has 1 aromatic heterocycles. The number of ether oxygens (including phenoxy) is 1. The number of thioether (sulfide) groups is 1. The number of anilines is 1. The molecule has 0 aromatic carbocycles. The fourth-order valence-electron chi connectivity index (χ4n) is 2.44. The van der Waals surface area contributed by atoms with Gasteiger partial charge in [-0.2, -0.15) is 11.8 Å². The zero-order chi connectivity index (χ0) is 12.9. The van der Waals surface area contributed by atoms with Crippen LogP contribution in [0.3, 0.4) is 0 Å². The number of nitrogens with zero attached hydrogens (tertiary/aromatic N) is 3. The van der Waals surface area contributed by atoms with Gasteiger partial charge < -0.3 is 15.0 Å². The SMILES string of the molecule is c1nc(OC2CCNCC2)cc(N2CCSCC2)n1. The molecule has 0 aliphatic carbocycles. The average Bonchev–Trinajstić information content (AvgIpc) is 2.49. The van der Waals surface area contributed by atoms with Crippen molar-refractivity contribution in [3.63, 3.8) is 0 Å². The lowest BCUT2D eigenvalue weighted by molar-refractivity contribution is 0.155. The third-order valence-electron chi connectivity index (χ3n) is 3.54. The summed E-state index contributed by atoms with van der Waals surface area (Å²) >= 11 is 2.00. The van der Waals surface area contributed by atoms with E-state index in [9.17, 15) is 0 Å². The highest BCUT2D eigenvalue weighted by Gasteiger charge is 2.17. The summed E-state index contributed by atoms with van der Waals surface area (Å²) in [5.74, 6) is 4.07. The molecule has 104 valence electrons. The zero-order valence-corrected chi connectivity index (χ0v) is 11.9. The lowest BCUT2D eigenvalue weighted by Crippen LogP contribution is -2.35. The first-order valence-electron chi connectivity index (χ1n) is 6.94. The highest BCUT2D eigenvalue weighted by molar-refractivity contribution is 7.99. The van der Waals surface area contributed by atoms with Crippen molar-refractivity contribution in [1.29, 1.82) is 0 Å². The van der Waals surface area contributed by atoms with E-state index in [1.54, 1.807) is 6.33 Å². The van der Waals surface area contributed by atoms with Gasteiger partial charge in [0.15, 0.2) is 0 Å². The number of piperidine rings is 1. The van der Waals surface area contributed by atoms with Crippen molar-refractivity contribution in [2.24, 2.45) is 0 Å². The second kappa shape index (κ2) is 6.43. The Morgan fingerprint density at radius 1 is 1.21 bits per heavy atom. The topological polar surface area (TPSA) is 50.3 Å². The van der Waals surface area contributed by atoms with Gasteiger partial charge in [-0.1, -0.05) is 0 Å². The molecule has 0 spiro atoms. The number of rotatable bonds is 3. The summed E-state index contributed by atoms with van der Waals surface area (Å²) in [5.41, 5.74) is 0. The smallest absolute Gasteiger partial charge is 0.218 e. The van der Waals surface area contributed by atoms with E-state index in [0.717, 1.165) is 50.7 Å². The van der Waals surface area contributed by atoms with Crippen LogP contribution in [-0.4, -0.2) is 53.8 Å². The molecule has 5 nitrogen and oxygen atoms in total. The average molecular weight is 280 g/mol. The van der Waals surface area contributed by atoms with Crippen molar-refractivity contribution >= 4 is 17.6 Å². The van der Waals surface area contributed by atoms with Gasteiger partial charge in [0.2, 0.25) is 5.88 Å². The van der Waals surface area contributed by atoms with Gasteiger partial charge in [0.25, 0.3) is 0 Å². The van der Waals surface area contributed by atoms with Gasteiger partial charge in [0.05, 0.1) is 0 Å². The molecule has 2 fully saturated rings. The summed E-state index contributed by atoms with van der Waals surface area (Å²) in [4.78, 5) is 10.9. The molecule has 1 aromatic rings. The molecule has 19 heavy (non-hydrogen) atoms. The first kappa shape index (κ1) is 13.0. The third-order valence-corrected chi connectivity index (χ3v) is 4.48. The molecule has 0 bridgehead atoms. The molecule has 2 aliphatic heterocycles. The summed E-state index contributed by atoms with van der Waals surface area (Å²) in [5, 5.41) is 3.34. The highest BCUT2D eigenvalue weighted by Crippen LogP contribution is 2.21. The maximum absolute atomic E-state index is 5.96. The minimum atomic E-state index is 0.293. The summed E-state index contributed by atoms with van der Waals surface area (Å²) < 4.78 is 5.96. The van der Waals surface area contributed by atoms with Gasteiger partial charge in [-0.25, -0.2) is 9.97 Å². The molecule has 0 amide bonds. The lowest BCUT2D eigenvalue weighted by atomic mass is 10.1. The fourth-order valence-corrected chi connectivity index (χ4v) is 3.35. The van der Waals surface area contributed by atoms with Gasteiger partial charge in [-0.05, 0) is 25.9 Å². The van der Waals surface area contributed by atoms with Crippen LogP contribution in [0.15, 0.2) is 12.4 Å². The van der Waals surface area contributed by atoms with Gasteiger partial charge >= 0.3 is 0 Å². The Balaban J connectivity index is 1.64. The Labute approximate surface area is 118 Å². The number of nitrogens with one attached hydrogen (secondary N) is 1. The van der Waals surface area contributed by atoms with E-state index in [4.69, 9.17) is 4.74 Å². The minimum absolute atomic E-state index is 0.293. The Hall–Kier alpha value is -1.01. The molecule has 0 saturated carbocycles. The summed E-state index contributed by atoms with van der Waals surface area (Å²) in [7, 11) is 0. The van der Waals surface area contributed by atoms with Crippen LogP contribution in [0.25, 0.3) is 0 Å².